The van der Waals surface area contributed by atoms with Gasteiger partial charge in [0, 0.05) is 24.9 Å². The molecule has 0 aliphatic rings. The third kappa shape index (κ3) is 6.98. The molecule has 1 unspecified atom stereocenters. The molecule has 0 heterocycles. The van der Waals surface area contributed by atoms with E-state index in [1.54, 1.807) is 42.5 Å². The highest BCUT2D eigenvalue weighted by molar-refractivity contribution is 5.94. The standard InChI is InChI=1S/C20H22N4O5/c21-22-12-13-5-7-15(8-6-13)23-18(26)9-10-19(27)24-16(20(28)29)11-14-3-1-2-4-17(14)25/h1-8,12,16,25H,9-11,21H2,(H,23,26)(H,24,27)(H,28,29). The number of aliphatic carboxylic acids is 1. The largest absolute Gasteiger partial charge is 0.508 e. The van der Waals surface area contributed by atoms with Gasteiger partial charge in [-0.15, -0.1) is 0 Å². The number of nitrogens with two attached hydrogens (primary N) is 1. The Morgan fingerprint density at radius 3 is 2.31 bits per heavy atom. The number of rotatable bonds is 9. The summed E-state index contributed by atoms with van der Waals surface area (Å²) in [6, 6.07) is 11.9. The fraction of sp³-hybridized carbons (Fsp3) is 0.200. The van der Waals surface area contributed by atoms with Crippen LogP contribution < -0.4 is 16.5 Å². The summed E-state index contributed by atoms with van der Waals surface area (Å²) in [6.07, 6.45) is 1.11. The van der Waals surface area contributed by atoms with Crippen LogP contribution in [0.3, 0.4) is 0 Å². The molecule has 9 heteroatoms. The number of carbonyl (C=O) groups excluding carboxylic acids is 2. The SMILES string of the molecule is NN=Cc1ccc(NC(=O)CCC(=O)NC(Cc2ccccc2O)C(=O)O)cc1. The Bertz CT molecular complexity index is 896. The van der Waals surface area contributed by atoms with Crippen LogP contribution in [-0.2, 0) is 20.8 Å². The molecule has 0 aliphatic carbocycles. The van der Waals surface area contributed by atoms with Gasteiger partial charge in [0.1, 0.15) is 11.8 Å². The van der Waals surface area contributed by atoms with Crippen LogP contribution in [0.5, 0.6) is 5.75 Å². The summed E-state index contributed by atoms with van der Waals surface area (Å²) >= 11 is 0. The molecule has 0 aliphatic heterocycles. The Labute approximate surface area is 167 Å². The lowest BCUT2D eigenvalue weighted by Crippen LogP contribution is -2.42. The number of hydrogen-bond acceptors (Lipinski definition) is 6. The highest BCUT2D eigenvalue weighted by Gasteiger charge is 2.22. The van der Waals surface area contributed by atoms with Gasteiger partial charge in [0.25, 0.3) is 0 Å². The van der Waals surface area contributed by atoms with Crippen LogP contribution >= 0.6 is 0 Å². The van der Waals surface area contributed by atoms with E-state index in [0.717, 1.165) is 5.56 Å². The van der Waals surface area contributed by atoms with Gasteiger partial charge in [0.2, 0.25) is 11.8 Å². The number of aromatic hydroxyl groups is 1. The zero-order valence-electron chi connectivity index (χ0n) is 15.5. The van der Waals surface area contributed by atoms with Crippen LogP contribution in [0.25, 0.3) is 0 Å². The van der Waals surface area contributed by atoms with Crippen molar-refractivity contribution < 1.29 is 24.6 Å². The van der Waals surface area contributed by atoms with E-state index in [1.807, 2.05) is 0 Å². The molecular formula is C20H22N4O5. The van der Waals surface area contributed by atoms with Gasteiger partial charge in [-0.2, -0.15) is 5.10 Å². The molecule has 6 N–H and O–H groups in total. The monoisotopic (exact) mass is 398 g/mol. The van der Waals surface area contributed by atoms with Crippen LogP contribution in [0.4, 0.5) is 5.69 Å². The molecular weight excluding hydrogens is 376 g/mol. The van der Waals surface area contributed by atoms with E-state index < -0.39 is 17.9 Å². The van der Waals surface area contributed by atoms with Gasteiger partial charge >= 0.3 is 5.97 Å². The maximum atomic E-state index is 12.1. The lowest BCUT2D eigenvalue weighted by atomic mass is 10.0. The van der Waals surface area contributed by atoms with Gasteiger partial charge in [-0.1, -0.05) is 30.3 Å². The number of para-hydroxylation sites is 1. The number of phenols is 1. The van der Waals surface area contributed by atoms with Gasteiger partial charge in [-0.3, -0.25) is 9.59 Å². The van der Waals surface area contributed by atoms with E-state index in [2.05, 4.69) is 15.7 Å². The zero-order valence-corrected chi connectivity index (χ0v) is 15.5. The van der Waals surface area contributed by atoms with Crippen molar-refractivity contribution in [1.82, 2.24) is 5.32 Å². The number of carbonyl (C=O) groups is 3. The number of nitrogens with zero attached hydrogens (tertiary/aromatic N) is 1. The van der Waals surface area contributed by atoms with Crippen molar-refractivity contribution in [2.75, 3.05) is 5.32 Å². The van der Waals surface area contributed by atoms with Gasteiger partial charge in [-0.05, 0) is 29.3 Å². The lowest BCUT2D eigenvalue weighted by Gasteiger charge is -2.15. The number of hydrogen-bond donors (Lipinski definition) is 5. The third-order valence-corrected chi connectivity index (χ3v) is 4.05. The van der Waals surface area contributed by atoms with Gasteiger partial charge in [-0.25, -0.2) is 4.79 Å². The maximum Gasteiger partial charge on any atom is 0.326 e. The fourth-order valence-electron chi connectivity index (χ4n) is 2.56. The molecule has 1 atom stereocenters. The Morgan fingerprint density at radius 2 is 1.69 bits per heavy atom. The quantitative estimate of drug-likeness (QED) is 0.243. The summed E-state index contributed by atoms with van der Waals surface area (Å²) in [4.78, 5) is 35.5. The molecule has 152 valence electrons. The first-order valence-corrected chi connectivity index (χ1v) is 8.81. The molecule has 0 aromatic heterocycles. The van der Waals surface area contributed by atoms with E-state index >= 15 is 0 Å². The number of anilines is 1. The minimum absolute atomic E-state index is 0.0453. The molecule has 2 aromatic rings. The summed E-state index contributed by atoms with van der Waals surface area (Å²) in [5.41, 5.74) is 1.72. The van der Waals surface area contributed by atoms with E-state index in [4.69, 9.17) is 5.84 Å². The van der Waals surface area contributed by atoms with Crippen LogP contribution in [0.1, 0.15) is 24.0 Å². The van der Waals surface area contributed by atoms with Gasteiger partial charge in [0.15, 0.2) is 0 Å². The molecule has 0 bridgehead atoms. The second kappa shape index (κ2) is 10.5. The number of nitrogens with one attached hydrogen (secondary N) is 2. The Kier molecular flexibility index (Phi) is 7.72. The van der Waals surface area contributed by atoms with E-state index in [0.29, 0.717) is 11.3 Å². The number of carboxylic acid groups (broad SMARTS) is 1. The van der Waals surface area contributed by atoms with E-state index in [-0.39, 0.29) is 30.9 Å². The van der Waals surface area contributed by atoms with E-state index in [9.17, 15) is 24.6 Å². The molecule has 0 saturated heterocycles. The van der Waals surface area contributed by atoms with Crippen LogP contribution in [0.15, 0.2) is 53.6 Å². The second-order valence-corrected chi connectivity index (χ2v) is 6.24. The van der Waals surface area contributed by atoms with Crippen molar-refractivity contribution in [2.45, 2.75) is 25.3 Å². The first-order valence-electron chi connectivity index (χ1n) is 8.81. The number of amides is 2. The number of hydrazone groups is 1. The number of carboxylic acids is 1. The average molecular weight is 398 g/mol. The van der Waals surface area contributed by atoms with Crippen LogP contribution in [0, 0.1) is 0 Å². The molecule has 9 nitrogen and oxygen atoms in total. The molecule has 0 fully saturated rings. The first kappa shape index (κ1) is 21.4. The van der Waals surface area contributed by atoms with Crippen molar-refractivity contribution in [3.63, 3.8) is 0 Å². The van der Waals surface area contributed by atoms with Crippen molar-refractivity contribution in [3.8, 4) is 5.75 Å². The number of benzene rings is 2. The topological polar surface area (TPSA) is 154 Å². The maximum absolute atomic E-state index is 12.1. The summed E-state index contributed by atoms with van der Waals surface area (Å²) < 4.78 is 0. The molecule has 0 saturated carbocycles. The zero-order chi connectivity index (χ0) is 21.2. The van der Waals surface area contributed by atoms with E-state index in [1.165, 1.54) is 12.3 Å². The van der Waals surface area contributed by atoms with Crippen molar-refractivity contribution >= 4 is 29.7 Å². The number of phenolic OH excluding ortho intramolecular Hbond substituents is 1. The third-order valence-electron chi connectivity index (χ3n) is 4.05. The normalized spacial score (nSPS) is 11.7. The van der Waals surface area contributed by atoms with Gasteiger partial charge < -0.3 is 26.7 Å². The Balaban J connectivity index is 1.84. The van der Waals surface area contributed by atoms with Crippen LogP contribution in [0.2, 0.25) is 0 Å². The molecule has 0 spiro atoms. The van der Waals surface area contributed by atoms with Crippen LogP contribution in [-0.4, -0.2) is 40.3 Å². The second-order valence-electron chi connectivity index (χ2n) is 6.24. The predicted molar refractivity (Wildman–Crippen MR) is 107 cm³/mol. The molecule has 2 aromatic carbocycles. The van der Waals surface area contributed by atoms with Crippen molar-refractivity contribution in [3.05, 3.63) is 59.7 Å². The highest BCUT2D eigenvalue weighted by Crippen LogP contribution is 2.17. The molecule has 29 heavy (non-hydrogen) atoms. The summed E-state index contributed by atoms with van der Waals surface area (Å²) in [5.74, 6) is 2.84. The molecule has 0 radical (unpaired) electrons. The molecule has 2 rings (SSSR count). The van der Waals surface area contributed by atoms with Crippen molar-refractivity contribution in [1.29, 1.82) is 0 Å². The fourth-order valence-corrected chi connectivity index (χ4v) is 2.56. The van der Waals surface area contributed by atoms with Gasteiger partial charge in [0.05, 0.1) is 6.21 Å². The highest BCUT2D eigenvalue weighted by atomic mass is 16.4. The average Bonchev–Trinajstić information content (AvgIpc) is 2.69. The summed E-state index contributed by atoms with van der Waals surface area (Å²) in [6.45, 7) is 0. The Hall–Kier alpha value is -3.88. The Morgan fingerprint density at radius 1 is 1.03 bits per heavy atom. The molecule has 2 amide bonds. The predicted octanol–water partition coefficient (Wildman–Crippen LogP) is 1.22. The summed E-state index contributed by atoms with van der Waals surface area (Å²) in [7, 11) is 0. The smallest absolute Gasteiger partial charge is 0.326 e. The first-order chi connectivity index (χ1) is 13.9. The summed E-state index contributed by atoms with van der Waals surface area (Å²) in [5, 5.41) is 27.5. The van der Waals surface area contributed by atoms with Crippen molar-refractivity contribution in [2.24, 2.45) is 10.9 Å². The lowest BCUT2D eigenvalue weighted by molar-refractivity contribution is -0.141. The minimum Gasteiger partial charge on any atom is -0.508 e. The minimum atomic E-state index is -1.23.